The first-order valence-corrected chi connectivity index (χ1v) is 9.37. The summed E-state index contributed by atoms with van der Waals surface area (Å²) in [6, 6.07) is 11.6. The lowest BCUT2D eigenvalue weighted by Crippen LogP contribution is -2.34. The molecule has 0 fully saturated rings. The second kappa shape index (κ2) is 9.37. The summed E-state index contributed by atoms with van der Waals surface area (Å²) >= 11 is 1.64. The third-order valence-corrected chi connectivity index (χ3v) is 4.85. The van der Waals surface area contributed by atoms with Crippen molar-refractivity contribution in [1.29, 1.82) is 0 Å². The lowest BCUT2D eigenvalue weighted by atomic mass is 10.0. The summed E-state index contributed by atoms with van der Waals surface area (Å²) in [4.78, 5) is 24.4. The molecule has 1 heterocycles. The summed E-state index contributed by atoms with van der Waals surface area (Å²) in [5.74, 6) is 1.01. The van der Waals surface area contributed by atoms with E-state index in [2.05, 4.69) is 19.2 Å². The summed E-state index contributed by atoms with van der Waals surface area (Å²) in [7, 11) is 0. The van der Waals surface area contributed by atoms with Crippen LogP contribution in [0.3, 0.4) is 0 Å². The van der Waals surface area contributed by atoms with E-state index in [4.69, 9.17) is 4.74 Å². The molecule has 2 aromatic rings. The van der Waals surface area contributed by atoms with Crippen molar-refractivity contribution in [2.45, 2.75) is 39.7 Å². The monoisotopic (exact) mass is 359 g/mol. The van der Waals surface area contributed by atoms with E-state index in [1.807, 2.05) is 41.8 Å². The summed E-state index contributed by atoms with van der Waals surface area (Å²) in [5, 5.41) is 5.06. The average Bonchev–Trinajstić information content (AvgIpc) is 3.10. The van der Waals surface area contributed by atoms with E-state index < -0.39 is 0 Å². The fraction of sp³-hybridized carbons (Fsp3) is 0.400. The number of hydrogen-bond donors (Lipinski definition) is 1. The van der Waals surface area contributed by atoms with Crippen molar-refractivity contribution in [1.82, 2.24) is 5.32 Å². The first kappa shape index (κ1) is 19.2. The van der Waals surface area contributed by atoms with Crippen LogP contribution < -0.4 is 10.1 Å². The molecule has 1 aromatic heterocycles. The van der Waals surface area contributed by atoms with E-state index in [9.17, 15) is 9.59 Å². The van der Waals surface area contributed by atoms with Gasteiger partial charge in [0.1, 0.15) is 11.5 Å². The van der Waals surface area contributed by atoms with Gasteiger partial charge in [0, 0.05) is 11.3 Å². The molecule has 2 rings (SSSR count). The van der Waals surface area contributed by atoms with Gasteiger partial charge in [-0.2, -0.15) is 0 Å². The number of benzene rings is 1. The number of rotatable bonds is 9. The topological polar surface area (TPSA) is 55.4 Å². The highest BCUT2D eigenvalue weighted by molar-refractivity contribution is 7.10. The van der Waals surface area contributed by atoms with Gasteiger partial charge in [-0.15, -0.1) is 11.3 Å². The fourth-order valence-corrected chi connectivity index (χ4v) is 3.42. The maximum Gasteiger partial charge on any atom is 0.258 e. The number of carbonyl (C=O) groups is 2. The van der Waals surface area contributed by atoms with Crippen LogP contribution in [0.2, 0.25) is 0 Å². The van der Waals surface area contributed by atoms with E-state index in [1.54, 1.807) is 18.3 Å². The standard InChI is InChI=1S/C20H25NO3S/c1-14(2)20(18-5-4-12-25-18)21-19(23)13-24-17-10-8-16(9-11-17)7-6-15(3)22/h4-5,8-12,14,20H,6-7,13H2,1-3H3,(H,21,23). The molecule has 134 valence electrons. The number of Topliss-reactive ketones (excluding diaryl/α,β-unsaturated/α-hetero) is 1. The minimum Gasteiger partial charge on any atom is -0.484 e. The van der Waals surface area contributed by atoms with Crippen LogP contribution in [0.25, 0.3) is 0 Å². The fourth-order valence-electron chi connectivity index (χ4n) is 2.47. The summed E-state index contributed by atoms with van der Waals surface area (Å²) in [6.07, 6.45) is 1.27. The number of amides is 1. The minimum atomic E-state index is -0.132. The molecule has 4 nitrogen and oxygen atoms in total. The van der Waals surface area contributed by atoms with Gasteiger partial charge in [-0.3, -0.25) is 4.79 Å². The van der Waals surface area contributed by atoms with E-state index >= 15 is 0 Å². The molecule has 0 spiro atoms. The van der Waals surface area contributed by atoms with Crippen molar-refractivity contribution >= 4 is 23.0 Å². The second-order valence-corrected chi connectivity index (χ2v) is 7.42. The third kappa shape index (κ3) is 6.35. The van der Waals surface area contributed by atoms with Gasteiger partial charge in [-0.1, -0.05) is 32.0 Å². The average molecular weight is 359 g/mol. The summed E-state index contributed by atoms with van der Waals surface area (Å²) in [5.41, 5.74) is 1.09. The van der Waals surface area contributed by atoms with Gasteiger partial charge in [0.15, 0.2) is 6.61 Å². The van der Waals surface area contributed by atoms with Crippen LogP contribution in [0, 0.1) is 5.92 Å². The molecule has 1 amide bonds. The Labute approximate surface area is 153 Å². The van der Waals surface area contributed by atoms with E-state index in [1.165, 1.54) is 0 Å². The molecule has 1 unspecified atom stereocenters. The Morgan fingerprint density at radius 2 is 1.88 bits per heavy atom. The van der Waals surface area contributed by atoms with Crippen molar-refractivity contribution < 1.29 is 14.3 Å². The maximum absolute atomic E-state index is 12.2. The molecule has 0 saturated heterocycles. The molecule has 0 bridgehead atoms. The van der Waals surface area contributed by atoms with Crippen molar-refractivity contribution in [2.24, 2.45) is 5.92 Å². The molecular formula is C20H25NO3S. The van der Waals surface area contributed by atoms with Crippen molar-refractivity contribution in [3.63, 3.8) is 0 Å². The van der Waals surface area contributed by atoms with Crippen LogP contribution >= 0.6 is 11.3 Å². The van der Waals surface area contributed by atoms with Gasteiger partial charge in [-0.25, -0.2) is 0 Å². The molecule has 1 N–H and O–H groups in total. The van der Waals surface area contributed by atoms with Crippen molar-refractivity contribution in [3.8, 4) is 5.75 Å². The molecule has 0 aliphatic carbocycles. The second-order valence-electron chi connectivity index (χ2n) is 6.44. The van der Waals surface area contributed by atoms with Crippen LogP contribution in [0.4, 0.5) is 0 Å². The van der Waals surface area contributed by atoms with Crippen LogP contribution in [0.15, 0.2) is 41.8 Å². The lowest BCUT2D eigenvalue weighted by Gasteiger charge is -2.21. The van der Waals surface area contributed by atoms with Gasteiger partial charge in [-0.05, 0) is 48.4 Å². The Morgan fingerprint density at radius 3 is 2.44 bits per heavy atom. The number of aryl methyl sites for hydroxylation is 1. The zero-order valence-electron chi connectivity index (χ0n) is 15.0. The molecule has 1 atom stereocenters. The molecular weight excluding hydrogens is 334 g/mol. The third-order valence-electron chi connectivity index (χ3n) is 3.89. The number of hydrogen-bond acceptors (Lipinski definition) is 4. The molecule has 0 radical (unpaired) electrons. The van der Waals surface area contributed by atoms with E-state index in [-0.39, 0.29) is 24.3 Å². The highest BCUT2D eigenvalue weighted by Gasteiger charge is 2.19. The van der Waals surface area contributed by atoms with Crippen LogP contribution in [-0.2, 0) is 16.0 Å². The van der Waals surface area contributed by atoms with Crippen LogP contribution in [0.5, 0.6) is 5.75 Å². The molecule has 0 saturated carbocycles. The molecule has 0 aliphatic heterocycles. The Kier molecular flexibility index (Phi) is 7.19. The van der Waals surface area contributed by atoms with E-state index in [0.717, 1.165) is 16.9 Å². The number of nitrogens with one attached hydrogen (secondary N) is 1. The quantitative estimate of drug-likeness (QED) is 0.731. The number of ketones is 1. The predicted molar refractivity (Wildman–Crippen MR) is 101 cm³/mol. The minimum absolute atomic E-state index is 0.00468. The normalized spacial score (nSPS) is 12.0. The predicted octanol–water partition coefficient (Wildman–Crippen LogP) is 4.16. The maximum atomic E-state index is 12.2. The van der Waals surface area contributed by atoms with Crippen LogP contribution in [0.1, 0.15) is 43.7 Å². The first-order valence-electron chi connectivity index (χ1n) is 8.49. The van der Waals surface area contributed by atoms with Gasteiger partial charge >= 0.3 is 0 Å². The summed E-state index contributed by atoms with van der Waals surface area (Å²) in [6.45, 7) is 5.76. The summed E-state index contributed by atoms with van der Waals surface area (Å²) < 4.78 is 5.57. The van der Waals surface area contributed by atoms with E-state index in [0.29, 0.717) is 18.1 Å². The zero-order chi connectivity index (χ0) is 18.2. The zero-order valence-corrected chi connectivity index (χ0v) is 15.8. The van der Waals surface area contributed by atoms with Gasteiger partial charge in [0.2, 0.25) is 0 Å². The SMILES string of the molecule is CC(=O)CCc1ccc(OCC(=O)NC(c2cccs2)C(C)C)cc1. The van der Waals surface area contributed by atoms with Crippen molar-refractivity contribution in [3.05, 3.63) is 52.2 Å². The smallest absolute Gasteiger partial charge is 0.258 e. The lowest BCUT2D eigenvalue weighted by molar-refractivity contribution is -0.124. The number of thiophene rings is 1. The van der Waals surface area contributed by atoms with Gasteiger partial charge in [0.25, 0.3) is 5.91 Å². The molecule has 25 heavy (non-hydrogen) atoms. The number of carbonyl (C=O) groups excluding carboxylic acids is 2. The first-order chi connectivity index (χ1) is 12.0. The van der Waals surface area contributed by atoms with Gasteiger partial charge in [0.05, 0.1) is 6.04 Å². The molecule has 1 aromatic carbocycles. The highest BCUT2D eigenvalue weighted by Crippen LogP contribution is 2.25. The molecule has 5 heteroatoms. The number of ether oxygens (including phenoxy) is 1. The van der Waals surface area contributed by atoms with Crippen LogP contribution in [-0.4, -0.2) is 18.3 Å². The Hall–Kier alpha value is -2.14. The molecule has 0 aliphatic rings. The Morgan fingerprint density at radius 1 is 1.16 bits per heavy atom. The van der Waals surface area contributed by atoms with Crippen molar-refractivity contribution in [2.75, 3.05) is 6.61 Å². The highest BCUT2D eigenvalue weighted by atomic mass is 32.1. The Balaban J connectivity index is 1.83. The Bertz CT molecular complexity index is 677. The van der Waals surface area contributed by atoms with Gasteiger partial charge < -0.3 is 14.8 Å². The largest absolute Gasteiger partial charge is 0.484 e.